The second kappa shape index (κ2) is 7.93. The van der Waals surface area contributed by atoms with Gasteiger partial charge in [-0.15, -0.1) is 0 Å². The Balaban J connectivity index is 1.52. The number of hydrogen-bond donors (Lipinski definition) is 0. The van der Waals surface area contributed by atoms with E-state index in [-0.39, 0.29) is 5.91 Å². The molecular weight excluding hydrogens is 302 g/mol. The Kier molecular flexibility index (Phi) is 5.43. The topological polar surface area (TPSA) is 45.7 Å². The molecule has 1 amide bonds. The van der Waals surface area contributed by atoms with Gasteiger partial charge in [0.15, 0.2) is 0 Å². The van der Waals surface area contributed by atoms with Crippen molar-refractivity contribution >= 4 is 5.91 Å². The number of amides is 1. The number of ether oxygens (including phenoxy) is 1. The number of rotatable bonds is 5. The van der Waals surface area contributed by atoms with Crippen molar-refractivity contribution in [2.45, 2.75) is 6.42 Å². The first-order valence-electron chi connectivity index (χ1n) is 8.32. The minimum absolute atomic E-state index is 0.00246. The van der Waals surface area contributed by atoms with E-state index in [2.05, 4.69) is 34.1 Å². The molecule has 5 nitrogen and oxygen atoms in total. The van der Waals surface area contributed by atoms with Gasteiger partial charge in [0.25, 0.3) is 5.91 Å². The van der Waals surface area contributed by atoms with Crippen molar-refractivity contribution in [3.8, 4) is 5.88 Å². The molecule has 1 aromatic heterocycles. The Bertz CT molecular complexity index is 667. The summed E-state index contributed by atoms with van der Waals surface area (Å²) in [6, 6.07) is 14.1. The molecule has 0 radical (unpaired) electrons. The molecule has 0 atom stereocenters. The van der Waals surface area contributed by atoms with E-state index in [1.54, 1.807) is 25.4 Å². The minimum atomic E-state index is 0.00246. The molecule has 126 valence electrons. The summed E-state index contributed by atoms with van der Waals surface area (Å²) in [5.41, 5.74) is 1.90. The second-order valence-electron chi connectivity index (χ2n) is 5.93. The van der Waals surface area contributed by atoms with Gasteiger partial charge in [-0.3, -0.25) is 9.69 Å². The van der Waals surface area contributed by atoms with Gasteiger partial charge in [-0.25, -0.2) is 4.98 Å². The number of carbonyl (C=O) groups is 1. The van der Waals surface area contributed by atoms with E-state index < -0.39 is 0 Å². The predicted octanol–water partition coefficient (Wildman–Crippen LogP) is 2.09. The lowest BCUT2D eigenvalue weighted by Crippen LogP contribution is -2.49. The van der Waals surface area contributed by atoms with Gasteiger partial charge in [-0.2, -0.15) is 0 Å². The molecule has 1 aromatic carbocycles. The molecule has 1 fully saturated rings. The zero-order chi connectivity index (χ0) is 16.8. The molecular formula is C19H23N3O2. The Morgan fingerprint density at radius 3 is 2.54 bits per heavy atom. The number of nitrogens with zero attached hydrogens (tertiary/aromatic N) is 3. The van der Waals surface area contributed by atoms with E-state index in [9.17, 15) is 4.79 Å². The van der Waals surface area contributed by atoms with Crippen LogP contribution in [0, 0.1) is 0 Å². The highest BCUT2D eigenvalue weighted by atomic mass is 16.5. The van der Waals surface area contributed by atoms with E-state index >= 15 is 0 Å². The van der Waals surface area contributed by atoms with Crippen molar-refractivity contribution in [1.29, 1.82) is 0 Å². The van der Waals surface area contributed by atoms with E-state index in [0.717, 1.165) is 39.1 Å². The molecule has 1 saturated heterocycles. The van der Waals surface area contributed by atoms with Gasteiger partial charge in [0, 0.05) is 38.9 Å². The monoisotopic (exact) mass is 325 g/mol. The lowest BCUT2D eigenvalue weighted by Gasteiger charge is -2.34. The maximum Gasteiger partial charge on any atom is 0.259 e. The third-order valence-electron chi connectivity index (χ3n) is 4.41. The average Bonchev–Trinajstić information content (AvgIpc) is 2.67. The number of hydrogen-bond acceptors (Lipinski definition) is 4. The molecule has 2 heterocycles. The van der Waals surface area contributed by atoms with E-state index in [0.29, 0.717) is 11.4 Å². The van der Waals surface area contributed by atoms with Gasteiger partial charge in [0.2, 0.25) is 5.88 Å². The van der Waals surface area contributed by atoms with Crippen LogP contribution in [0.2, 0.25) is 0 Å². The number of methoxy groups -OCH3 is 1. The SMILES string of the molecule is COc1ncccc1C(=O)N1CCN(CCc2ccccc2)CC1. The zero-order valence-corrected chi connectivity index (χ0v) is 14.0. The Hall–Kier alpha value is -2.40. The molecule has 0 saturated carbocycles. The second-order valence-corrected chi connectivity index (χ2v) is 5.93. The van der Waals surface area contributed by atoms with Crippen molar-refractivity contribution in [2.24, 2.45) is 0 Å². The fourth-order valence-corrected chi connectivity index (χ4v) is 2.99. The smallest absolute Gasteiger partial charge is 0.259 e. The van der Waals surface area contributed by atoms with Crippen molar-refractivity contribution in [3.63, 3.8) is 0 Å². The summed E-state index contributed by atoms with van der Waals surface area (Å²) in [6.07, 6.45) is 2.68. The number of piperazine rings is 1. The fourth-order valence-electron chi connectivity index (χ4n) is 2.99. The first kappa shape index (κ1) is 16.5. The summed E-state index contributed by atoms with van der Waals surface area (Å²) in [4.78, 5) is 21.1. The number of benzene rings is 1. The first-order chi connectivity index (χ1) is 11.8. The summed E-state index contributed by atoms with van der Waals surface area (Å²) >= 11 is 0. The van der Waals surface area contributed by atoms with Crippen molar-refractivity contribution in [2.75, 3.05) is 39.8 Å². The first-order valence-corrected chi connectivity index (χ1v) is 8.32. The van der Waals surface area contributed by atoms with Gasteiger partial charge in [-0.05, 0) is 24.1 Å². The van der Waals surface area contributed by atoms with Gasteiger partial charge in [0.05, 0.1) is 7.11 Å². The van der Waals surface area contributed by atoms with E-state index in [4.69, 9.17) is 4.74 Å². The molecule has 0 N–H and O–H groups in total. The molecule has 1 aliphatic rings. The molecule has 5 heteroatoms. The number of pyridine rings is 1. The number of carbonyl (C=O) groups excluding carboxylic acids is 1. The van der Waals surface area contributed by atoms with E-state index in [1.165, 1.54) is 5.56 Å². The van der Waals surface area contributed by atoms with Crippen LogP contribution in [-0.4, -0.2) is 60.5 Å². The molecule has 1 aliphatic heterocycles. The van der Waals surface area contributed by atoms with Crippen LogP contribution in [0.3, 0.4) is 0 Å². The molecule has 0 aliphatic carbocycles. The number of aromatic nitrogens is 1. The molecule has 24 heavy (non-hydrogen) atoms. The fraction of sp³-hybridized carbons (Fsp3) is 0.368. The van der Waals surface area contributed by atoms with Gasteiger partial charge in [0.1, 0.15) is 5.56 Å². The molecule has 3 rings (SSSR count). The normalized spacial score (nSPS) is 15.3. The van der Waals surface area contributed by atoms with Crippen LogP contribution in [0.4, 0.5) is 0 Å². The third kappa shape index (κ3) is 3.92. The predicted molar refractivity (Wildman–Crippen MR) is 93.3 cm³/mol. The highest BCUT2D eigenvalue weighted by Gasteiger charge is 2.24. The quantitative estimate of drug-likeness (QED) is 0.844. The summed E-state index contributed by atoms with van der Waals surface area (Å²) in [6.45, 7) is 4.32. The van der Waals surface area contributed by atoms with Crippen LogP contribution in [0.1, 0.15) is 15.9 Å². The summed E-state index contributed by atoms with van der Waals surface area (Å²) in [7, 11) is 1.54. The summed E-state index contributed by atoms with van der Waals surface area (Å²) in [5, 5.41) is 0. The van der Waals surface area contributed by atoms with Gasteiger partial charge >= 0.3 is 0 Å². The molecule has 0 bridgehead atoms. The Morgan fingerprint density at radius 1 is 1.08 bits per heavy atom. The van der Waals surface area contributed by atoms with Crippen LogP contribution in [0.25, 0.3) is 0 Å². The Labute approximate surface area is 142 Å². The van der Waals surface area contributed by atoms with Crippen molar-refractivity contribution in [1.82, 2.24) is 14.8 Å². The van der Waals surface area contributed by atoms with Crippen LogP contribution >= 0.6 is 0 Å². The molecule has 0 spiro atoms. The van der Waals surface area contributed by atoms with Crippen LogP contribution in [-0.2, 0) is 6.42 Å². The van der Waals surface area contributed by atoms with Gasteiger partial charge in [-0.1, -0.05) is 30.3 Å². The highest BCUT2D eigenvalue weighted by Crippen LogP contribution is 2.17. The lowest BCUT2D eigenvalue weighted by atomic mass is 10.1. The minimum Gasteiger partial charge on any atom is -0.480 e. The van der Waals surface area contributed by atoms with E-state index in [1.807, 2.05) is 11.0 Å². The van der Waals surface area contributed by atoms with Crippen molar-refractivity contribution < 1.29 is 9.53 Å². The van der Waals surface area contributed by atoms with Crippen LogP contribution < -0.4 is 4.74 Å². The average molecular weight is 325 g/mol. The summed E-state index contributed by atoms with van der Waals surface area (Å²) < 4.78 is 5.20. The largest absolute Gasteiger partial charge is 0.480 e. The van der Waals surface area contributed by atoms with Crippen molar-refractivity contribution in [3.05, 3.63) is 59.8 Å². The Morgan fingerprint density at radius 2 is 1.83 bits per heavy atom. The van der Waals surface area contributed by atoms with Crippen LogP contribution in [0.15, 0.2) is 48.7 Å². The maximum absolute atomic E-state index is 12.7. The zero-order valence-electron chi connectivity index (χ0n) is 14.0. The summed E-state index contributed by atoms with van der Waals surface area (Å²) in [5.74, 6) is 0.400. The highest BCUT2D eigenvalue weighted by molar-refractivity contribution is 5.96. The lowest BCUT2D eigenvalue weighted by molar-refractivity contribution is 0.0634. The molecule has 2 aromatic rings. The van der Waals surface area contributed by atoms with Gasteiger partial charge < -0.3 is 9.64 Å². The maximum atomic E-state index is 12.7. The van der Waals surface area contributed by atoms with Crippen LogP contribution in [0.5, 0.6) is 5.88 Å². The molecule has 0 unspecified atom stereocenters. The standard InChI is InChI=1S/C19H23N3O2/c1-24-18-17(8-5-10-20-18)19(23)22-14-12-21(13-15-22)11-9-16-6-3-2-4-7-16/h2-8,10H,9,11-15H2,1H3. The third-order valence-corrected chi connectivity index (χ3v) is 4.41.